The second kappa shape index (κ2) is 15.9. The summed E-state index contributed by atoms with van der Waals surface area (Å²) >= 11 is 0. The number of carbonyl (C=O) groups excluding carboxylic acids is 3. The predicted octanol–water partition coefficient (Wildman–Crippen LogP) is -4.98. The number of phosphoric ester groups is 1. The molecule has 0 bridgehead atoms. The molecule has 0 saturated heterocycles. The Morgan fingerprint density at radius 2 is 0.969 bits per heavy atom. The number of rotatable bonds is 11. The molecule has 32 heavy (non-hydrogen) atoms. The summed E-state index contributed by atoms with van der Waals surface area (Å²) in [6.07, 6.45) is -6.31. The summed E-state index contributed by atoms with van der Waals surface area (Å²) in [6, 6.07) is 0. The first-order valence-corrected chi connectivity index (χ1v) is 8.58. The van der Waals surface area contributed by atoms with E-state index >= 15 is 0 Å². The molecule has 20 heteroatoms. The number of carboxylic acids is 3. The summed E-state index contributed by atoms with van der Waals surface area (Å²) < 4.78 is 18.0. The molecule has 0 aliphatic rings. The summed E-state index contributed by atoms with van der Waals surface area (Å²) in [5.74, 6) is -11.8. The van der Waals surface area contributed by atoms with E-state index in [0.717, 1.165) is 0 Å². The van der Waals surface area contributed by atoms with Crippen molar-refractivity contribution in [1.82, 2.24) is 0 Å². The Kier molecular flexibility index (Phi) is 19.5. The van der Waals surface area contributed by atoms with Crippen LogP contribution in [0.25, 0.3) is 0 Å². The van der Waals surface area contributed by atoms with E-state index < -0.39 is 80.5 Å². The molecule has 0 heterocycles. The van der Waals surface area contributed by atoms with Gasteiger partial charge in [0.15, 0.2) is 11.2 Å². The number of phosphoric acid groups is 1. The van der Waals surface area contributed by atoms with E-state index in [4.69, 9.17) is 25.1 Å². The Morgan fingerprint density at radius 3 is 1.25 bits per heavy atom. The van der Waals surface area contributed by atoms with Gasteiger partial charge in [0.25, 0.3) is 0 Å². The van der Waals surface area contributed by atoms with Crippen LogP contribution in [-0.4, -0.2) is 171 Å². The molecule has 0 aromatic heterocycles. The minimum atomic E-state index is -5.39. The number of aliphatic hydroxyl groups is 2. The zero-order valence-corrected chi connectivity index (χ0v) is 15.0. The molecule has 0 fully saturated rings. The van der Waals surface area contributed by atoms with Crippen molar-refractivity contribution < 1.29 is 77.9 Å². The summed E-state index contributed by atoms with van der Waals surface area (Å²) in [7, 11) is -5.39. The van der Waals surface area contributed by atoms with Crippen molar-refractivity contribution in [3.05, 3.63) is 0 Å². The van der Waals surface area contributed by atoms with Gasteiger partial charge in [-0.2, -0.15) is 0 Å². The standard InChI is InChI=1S/C12H15O16P.3Na.3H/c13-5(14)1-11(22,9(18)19)2-6(15)27-7(16)3-12(23,10(20)21)4-8(17)28-29(24,25)26;;;;;;/h22-23H,1-4H2,(H,13,14)(H,18,19)(H,20,21)(H2,24,25,26);;;;;;. The fourth-order valence-electron chi connectivity index (χ4n) is 1.76. The Hall–Kier alpha value is 0.0900. The summed E-state index contributed by atoms with van der Waals surface area (Å²) in [6.45, 7) is 0. The maximum absolute atomic E-state index is 11.6. The first-order valence-electron chi connectivity index (χ1n) is 7.05. The normalized spacial score (nSPS) is 13.9. The van der Waals surface area contributed by atoms with Crippen molar-refractivity contribution in [1.29, 1.82) is 0 Å². The van der Waals surface area contributed by atoms with Crippen LogP contribution in [0.15, 0.2) is 0 Å². The summed E-state index contributed by atoms with van der Waals surface area (Å²) in [4.78, 5) is 83.7. The molecule has 170 valence electrons. The number of esters is 2. The van der Waals surface area contributed by atoms with Gasteiger partial charge in [-0.05, 0) is 0 Å². The quantitative estimate of drug-likeness (QED) is 0.0583. The van der Waals surface area contributed by atoms with Gasteiger partial charge in [0.2, 0.25) is 0 Å². The molecule has 0 aliphatic carbocycles. The van der Waals surface area contributed by atoms with Gasteiger partial charge in [-0.25, -0.2) is 14.2 Å². The monoisotopic (exact) mass is 518 g/mol. The molecule has 16 nitrogen and oxygen atoms in total. The molecule has 2 atom stereocenters. The van der Waals surface area contributed by atoms with Gasteiger partial charge >= 0.3 is 132 Å². The van der Waals surface area contributed by atoms with Crippen molar-refractivity contribution in [3.8, 4) is 0 Å². The fraction of sp³-hybridized carbons (Fsp3) is 0.500. The molecule has 7 N–H and O–H groups in total. The molecule has 0 spiro atoms. The third kappa shape index (κ3) is 15.1. The first-order chi connectivity index (χ1) is 12.9. The van der Waals surface area contributed by atoms with Gasteiger partial charge in [0, 0.05) is 0 Å². The molecule has 0 radical (unpaired) electrons. The van der Waals surface area contributed by atoms with Crippen LogP contribution in [0, 0.1) is 0 Å². The Bertz CT molecular complexity index is 780. The van der Waals surface area contributed by atoms with Gasteiger partial charge in [0.05, 0.1) is 25.7 Å². The third-order valence-corrected chi connectivity index (χ3v) is 3.44. The molecule has 0 aliphatic heterocycles. The number of carboxylic acid groups (broad SMARTS) is 3. The van der Waals surface area contributed by atoms with Crippen molar-refractivity contribution in [2.75, 3.05) is 0 Å². The average molecular weight is 518 g/mol. The van der Waals surface area contributed by atoms with Crippen molar-refractivity contribution in [2.24, 2.45) is 0 Å². The summed E-state index contributed by atoms with van der Waals surface area (Å²) in [5.41, 5.74) is -6.51. The zero-order valence-electron chi connectivity index (χ0n) is 14.1. The van der Waals surface area contributed by atoms with Crippen LogP contribution in [0.1, 0.15) is 25.7 Å². The molecule has 0 aromatic carbocycles. The Morgan fingerprint density at radius 1 is 0.656 bits per heavy atom. The molecule has 0 amide bonds. The van der Waals surface area contributed by atoms with Crippen LogP contribution in [0.4, 0.5) is 0 Å². The van der Waals surface area contributed by atoms with Crippen LogP contribution in [-0.2, 0) is 42.6 Å². The molecule has 0 aromatic rings. The van der Waals surface area contributed by atoms with Gasteiger partial charge in [-0.3, -0.25) is 29.0 Å². The van der Waals surface area contributed by atoms with E-state index in [9.17, 15) is 43.5 Å². The number of hydrogen-bond donors (Lipinski definition) is 7. The molecular formula is C12H18Na3O16P. The molecule has 2 unspecified atom stereocenters. The average Bonchev–Trinajstić information content (AvgIpc) is 2.42. The van der Waals surface area contributed by atoms with Crippen LogP contribution >= 0.6 is 7.82 Å². The van der Waals surface area contributed by atoms with E-state index in [1.54, 1.807) is 0 Å². The maximum atomic E-state index is 11.6. The zero-order chi connectivity index (χ0) is 23.2. The number of aliphatic carboxylic acids is 3. The first kappa shape index (κ1) is 39.3. The van der Waals surface area contributed by atoms with Crippen molar-refractivity contribution in [2.45, 2.75) is 36.9 Å². The number of carbonyl (C=O) groups is 6. The predicted molar refractivity (Wildman–Crippen MR) is 102 cm³/mol. The minimum absolute atomic E-state index is 0. The van der Waals surface area contributed by atoms with E-state index in [2.05, 4.69) is 9.26 Å². The van der Waals surface area contributed by atoms with E-state index in [0.29, 0.717) is 0 Å². The van der Waals surface area contributed by atoms with E-state index in [-0.39, 0.29) is 88.7 Å². The Balaban J connectivity index is -0.00000131. The third-order valence-electron chi connectivity index (χ3n) is 3.00. The summed E-state index contributed by atoms with van der Waals surface area (Å²) in [5, 5.41) is 45.6. The van der Waals surface area contributed by atoms with Gasteiger partial charge in [-0.1, -0.05) is 0 Å². The second-order valence-electron chi connectivity index (χ2n) is 5.57. The van der Waals surface area contributed by atoms with E-state index in [1.807, 2.05) is 0 Å². The van der Waals surface area contributed by atoms with Crippen LogP contribution in [0.3, 0.4) is 0 Å². The van der Waals surface area contributed by atoms with Crippen LogP contribution in [0.2, 0.25) is 0 Å². The Labute approximate surface area is 244 Å². The molecule has 0 saturated carbocycles. The van der Waals surface area contributed by atoms with Crippen molar-refractivity contribution >= 4 is 132 Å². The van der Waals surface area contributed by atoms with Gasteiger partial charge in [-0.15, -0.1) is 0 Å². The van der Waals surface area contributed by atoms with Gasteiger partial charge in [0.1, 0.15) is 0 Å². The second-order valence-corrected chi connectivity index (χ2v) is 6.74. The molecular weight excluding hydrogens is 500 g/mol. The van der Waals surface area contributed by atoms with Gasteiger partial charge < -0.3 is 34.8 Å². The van der Waals surface area contributed by atoms with E-state index in [1.165, 1.54) is 0 Å². The fourth-order valence-corrected chi connectivity index (χ4v) is 2.09. The van der Waals surface area contributed by atoms with Crippen molar-refractivity contribution in [3.63, 3.8) is 0 Å². The SMILES string of the molecule is O=C(O)CC(O)(CC(=O)OC(=O)CC(O)(CC(=O)OP(=O)(O)O)C(=O)O)C(=O)O.[NaH].[NaH].[NaH]. The molecule has 0 rings (SSSR count). The number of ether oxygens (including phenoxy) is 1. The van der Waals surface area contributed by atoms with Crippen LogP contribution in [0.5, 0.6) is 0 Å². The number of hydrogen-bond acceptors (Lipinski definition) is 11. The topological polar surface area (TPSA) is 280 Å². The van der Waals surface area contributed by atoms with Crippen LogP contribution < -0.4 is 0 Å².